The number of aryl methyl sites for hydroxylation is 1. The van der Waals surface area contributed by atoms with E-state index >= 15 is 0 Å². The van der Waals surface area contributed by atoms with Crippen LogP contribution < -0.4 is 26.0 Å². The lowest BCUT2D eigenvalue weighted by Gasteiger charge is -2.13. The Balaban J connectivity index is 1.21. The van der Waals surface area contributed by atoms with E-state index in [9.17, 15) is 23.5 Å². The Morgan fingerprint density at radius 2 is 2.00 bits per heavy atom. The molecule has 4 aromatic rings. The molecule has 5 N–H and O–H groups in total. The van der Waals surface area contributed by atoms with Gasteiger partial charge in [0.2, 0.25) is 11.7 Å². The van der Waals surface area contributed by atoms with Crippen molar-refractivity contribution >= 4 is 29.0 Å². The number of ether oxygens (including phenoxy) is 1. The first kappa shape index (κ1) is 30.3. The molecule has 1 unspecified atom stereocenters. The Kier molecular flexibility index (Phi) is 9.27. The lowest BCUT2D eigenvalue weighted by Crippen LogP contribution is -2.41. The van der Waals surface area contributed by atoms with Crippen LogP contribution in [-0.4, -0.2) is 69.7 Å². The fourth-order valence-electron chi connectivity index (χ4n) is 4.93. The van der Waals surface area contributed by atoms with Gasteiger partial charge in [-0.15, -0.1) is 0 Å². The normalized spacial score (nSPS) is 16.0. The van der Waals surface area contributed by atoms with E-state index in [-0.39, 0.29) is 28.8 Å². The van der Waals surface area contributed by atoms with E-state index in [0.29, 0.717) is 60.8 Å². The number of β-amino-alcohol motifs (C(OH)–C–C–N with tert-alkyl or cyclic N) is 1. The van der Waals surface area contributed by atoms with Crippen molar-refractivity contribution in [2.24, 2.45) is 0 Å². The zero-order valence-corrected chi connectivity index (χ0v) is 23.7. The van der Waals surface area contributed by atoms with E-state index in [4.69, 9.17) is 10.00 Å². The smallest absolute Gasteiger partial charge is 0.251 e. The third kappa shape index (κ3) is 6.59. The summed E-state index contributed by atoms with van der Waals surface area (Å²) in [4.78, 5) is 33.5. The second kappa shape index (κ2) is 13.4. The van der Waals surface area contributed by atoms with Gasteiger partial charge in [0.15, 0.2) is 29.6 Å². The molecule has 1 fully saturated rings. The summed E-state index contributed by atoms with van der Waals surface area (Å²) >= 11 is 0. The van der Waals surface area contributed by atoms with Crippen molar-refractivity contribution in [2.45, 2.75) is 31.9 Å². The monoisotopic (exact) mass is 604 g/mol. The van der Waals surface area contributed by atoms with Gasteiger partial charge < -0.3 is 31.1 Å². The van der Waals surface area contributed by atoms with E-state index in [1.54, 1.807) is 41.8 Å². The number of fused-ring (bicyclic) bond motifs is 1. The molecule has 228 valence electrons. The van der Waals surface area contributed by atoms with Crippen LogP contribution in [0.4, 0.5) is 20.3 Å². The number of amides is 2. The number of rotatable bonds is 11. The van der Waals surface area contributed by atoms with Gasteiger partial charge >= 0.3 is 0 Å². The molecule has 0 aliphatic carbocycles. The fourth-order valence-corrected chi connectivity index (χ4v) is 4.93. The summed E-state index contributed by atoms with van der Waals surface area (Å²) in [6, 6.07) is 9.10. The van der Waals surface area contributed by atoms with E-state index < -0.39 is 30.4 Å². The number of aliphatic hydroxyl groups excluding tert-OH is 1. The van der Waals surface area contributed by atoms with E-state index in [2.05, 4.69) is 31.2 Å². The molecule has 2 atom stereocenters. The van der Waals surface area contributed by atoms with E-state index in [0.717, 1.165) is 0 Å². The third-order valence-electron chi connectivity index (χ3n) is 7.14. The van der Waals surface area contributed by atoms with Crippen LogP contribution in [0.25, 0.3) is 16.9 Å². The van der Waals surface area contributed by atoms with Crippen molar-refractivity contribution in [3.63, 3.8) is 0 Å². The number of halogens is 2. The summed E-state index contributed by atoms with van der Waals surface area (Å²) in [6.45, 7) is 2.55. The Morgan fingerprint density at radius 1 is 1.18 bits per heavy atom. The number of benzene rings is 2. The summed E-state index contributed by atoms with van der Waals surface area (Å²) in [7, 11) is 0. The number of hydrogen-bond acceptors (Lipinski definition) is 9. The molecule has 5 rings (SSSR count). The van der Waals surface area contributed by atoms with Crippen molar-refractivity contribution < 1.29 is 28.2 Å². The lowest BCUT2D eigenvalue weighted by atomic mass is 10.1. The maximum atomic E-state index is 14.9. The number of nitriles is 1. The zero-order chi connectivity index (χ0) is 31.2. The Labute approximate surface area is 251 Å². The van der Waals surface area contributed by atoms with Gasteiger partial charge in [0.05, 0.1) is 24.0 Å². The highest BCUT2D eigenvalue weighted by Crippen LogP contribution is 2.32. The molecule has 1 aliphatic heterocycles. The molecule has 0 spiro atoms. The van der Waals surface area contributed by atoms with Gasteiger partial charge in [-0.05, 0) is 55.7 Å². The molecule has 44 heavy (non-hydrogen) atoms. The molecule has 3 heterocycles. The summed E-state index contributed by atoms with van der Waals surface area (Å²) in [6.07, 6.45) is 4.88. The molecule has 0 saturated carbocycles. The number of hydrogen-bond donors (Lipinski definition) is 5. The third-order valence-corrected chi connectivity index (χ3v) is 7.14. The number of imidazole rings is 1. The Hall–Kier alpha value is -5.13. The summed E-state index contributed by atoms with van der Waals surface area (Å²) < 4.78 is 36.0. The minimum Gasteiger partial charge on any atom is -0.476 e. The van der Waals surface area contributed by atoms with Crippen LogP contribution in [0.2, 0.25) is 0 Å². The average Bonchev–Trinajstić information content (AvgIpc) is 3.65. The first-order chi connectivity index (χ1) is 21.3. The first-order valence-electron chi connectivity index (χ1n) is 13.9. The van der Waals surface area contributed by atoms with Crippen LogP contribution in [0.5, 0.6) is 5.75 Å². The molecule has 2 aromatic carbocycles. The lowest BCUT2D eigenvalue weighted by molar-refractivity contribution is -0.122. The highest BCUT2D eigenvalue weighted by molar-refractivity contribution is 5.96. The Bertz CT molecular complexity index is 1740. The van der Waals surface area contributed by atoms with E-state index in [1.807, 2.05) is 0 Å². The summed E-state index contributed by atoms with van der Waals surface area (Å²) in [5, 5.41) is 30.0. The molecule has 0 radical (unpaired) electrons. The predicted molar refractivity (Wildman–Crippen MR) is 156 cm³/mol. The zero-order valence-electron chi connectivity index (χ0n) is 23.7. The Morgan fingerprint density at radius 3 is 2.75 bits per heavy atom. The van der Waals surface area contributed by atoms with Crippen LogP contribution >= 0.6 is 0 Å². The number of carbonyl (C=O) groups is 2. The molecule has 2 aromatic heterocycles. The quantitative estimate of drug-likeness (QED) is 0.162. The van der Waals surface area contributed by atoms with Crippen molar-refractivity contribution in [1.29, 1.82) is 5.26 Å². The number of nitrogens with one attached hydrogen (secondary N) is 4. The number of carbonyl (C=O) groups excluding carboxylic acids is 2. The van der Waals surface area contributed by atoms with Crippen molar-refractivity contribution in [3.8, 4) is 23.1 Å². The second-order valence-corrected chi connectivity index (χ2v) is 10.2. The molecule has 1 aliphatic rings. The fraction of sp³-hybridized carbons (Fsp3) is 0.300. The number of nitrogens with zero attached hydrogens (tertiary/aromatic N) is 4. The topological polar surface area (TPSA) is 166 Å². The van der Waals surface area contributed by atoms with Gasteiger partial charge in [-0.1, -0.05) is 0 Å². The number of aliphatic hydroxyl groups is 1. The van der Waals surface area contributed by atoms with Crippen LogP contribution in [0.3, 0.4) is 0 Å². The number of anilines is 2. The minimum absolute atomic E-state index is 0.0456. The molecular weight excluding hydrogens is 574 g/mol. The summed E-state index contributed by atoms with van der Waals surface area (Å²) in [5.41, 5.74) is 2.42. The van der Waals surface area contributed by atoms with Crippen molar-refractivity contribution in [1.82, 2.24) is 30.3 Å². The highest BCUT2D eigenvalue weighted by atomic mass is 19.2. The maximum Gasteiger partial charge on any atom is 0.251 e. The molecule has 14 heteroatoms. The van der Waals surface area contributed by atoms with Crippen molar-refractivity contribution in [3.05, 3.63) is 71.7 Å². The van der Waals surface area contributed by atoms with Crippen molar-refractivity contribution in [2.75, 3.05) is 31.6 Å². The maximum absolute atomic E-state index is 14.9. The molecular formula is C30H30F2N8O4. The van der Waals surface area contributed by atoms with Crippen LogP contribution in [-0.2, 0) is 4.79 Å². The van der Waals surface area contributed by atoms with Gasteiger partial charge in [-0.2, -0.15) is 9.65 Å². The van der Waals surface area contributed by atoms with Crippen LogP contribution in [0.15, 0.2) is 48.9 Å². The standard InChI is InChI=1S/C30H30F2N8O4/c1-17-13-18(3-4-20(17)29(42)35-8-2-9-36-30(43)22-14-19(41)15-37-22)39-27-28-38-16-23(40(28)11-10-34-27)21-5-6-24(44-12-7-33)26(32)25(21)31/h3-6,10-11,13,16,19,22,37,41H,2,8-9,12,14-15H2,1H3,(H,34,39)(H,35,42)(H,36,43)/t19-,22?/m0/s1. The average molecular weight is 605 g/mol. The SMILES string of the molecule is Cc1cc(Nc2nccn3c(-c4ccc(OCC#N)c(F)c4F)cnc23)ccc1C(=O)NCCCNC(=O)C1C[C@H](O)CN1. The number of aromatic nitrogens is 3. The van der Waals surface area contributed by atoms with Gasteiger partial charge in [0.1, 0.15) is 6.07 Å². The minimum atomic E-state index is -1.20. The van der Waals surface area contributed by atoms with Gasteiger partial charge in [0.25, 0.3) is 5.91 Å². The van der Waals surface area contributed by atoms with E-state index in [1.165, 1.54) is 24.5 Å². The van der Waals surface area contributed by atoms with Gasteiger partial charge in [-0.25, -0.2) is 14.4 Å². The largest absolute Gasteiger partial charge is 0.476 e. The molecule has 12 nitrogen and oxygen atoms in total. The molecule has 1 saturated heterocycles. The van der Waals surface area contributed by atoms with Crippen LogP contribution in [0.1, 0.15) is 28.8 Å². The predicted octanol–water partition coefficient (Wildman–Crippen LogP) is 2.59. The van der Waals surface area contributed by atoms with Crippen LogP contribution in [0, 0.1) is 29.9 Å². The summed E-state index contributed by atoms with van der Waals surface area (Å²) in [5.74, 6) is -2.76. The second-order valence-electron chi connectivity index (χ2n) is 10.2. The first-order valence-corrected chi connectivity index (χ1v) is 13.9. The molecule has 2 amide bonds. The van der Waals surface area contributed by atoms with Gasteiger partial charge in [-0.3, -0.25) is 14.0 Å². The molecule has 0 bridgehead atoms. The highest BCUT2D eigenvalue weighted by Gasteiger charge is 2.27. The van der Waals surface area contributed by atoms with Gasteiger partial charge in [0, 0.05) is 48.8 Å².